The summed E-state index contributed by atoms with van der Waals surface area (Å²) in [5, 5.41) is 12.2. The molecule has 0 aromatic heterocycles. The fourth-order valence-electron chi connectivity index (χ4n) is 2.61. The standard InChI is InChI=1S/C17H26N2O3/c1-4-14-11-18-15-10-13(5-6-16(15)22-14)9-12(2)19(3)8-7-17(20)21/h5-6,10,12,14,18H,4,7-9,11H2,1-3H3,(H,20,21). The van der Waals surface area contributed by atoms with Gasteiger partial charge in [0.15, 0.2) is 0 Å². The highest BCUT2D eigenvalue weighted by Gasteiger charge is 2.18. The first-order chi connectivity index (χ1) is 10.5. The van der Waals surface area contributed by atoms with Gasteiger partial charge in [-0.2, -0.15) is 0 Å². The maximum atomic E-state index is 10.6. The minimum Gasteiger partial charge on any atom is -0.486 e. The first-order valence-corrected chi connectivity index (χ1v) is 7.95. The Balaban J connectivity index is 1.95. The molecule has 2 atom stereocenters. The van der Waals surface area contributed by atoms with Crippen molar-refractivity contribution in [2.45, 2.75) is 45.3 Å². The highest BCUT2D eigenvalue weighted by Crippen LogP contribution is 2.31. The number of fused-ring (bicyclic) bond motifs is 1. The average Bonchev–Trinajstić information content (AvgIpc) is 2.51. The van der Waals surface area contributed by atoms with Crippen LogP contribution >= 0.6 is 0 Å². The summed E-state index contributed by atoms with van der Waals surface area (Å²) in [7, 11) is 1.97. The molecule has 0 bridgehead atoms. The lowest BCUT2D eigenvalue weighted by molar-refractivity contribution is -0.137. The molecule has 0 amide bonds. The van der Waals surface area contributed by atoms with Crippen LogP contribution in [0.1, 0.15) is 32.3 Å². The second kappa shape index (κ2) is 7.49. The summed E-state index contributed by atoms with van der Waals surface area (Å²) in [6, 6.07) is 6.57. The number of nitrogens with one attached hydrogen (secondary N) is 1. The van der Waals surface area contributed by atoms with E-state index in [-0.39, 0.29) is 12.5 Å². The third-order valence-corrected chi connectivity index (χ3v) is 4.28. The van der Waals surface area contributed by atoms with E-state index in [0.29, 0.717) is 12.6 Å². The molecule has 5 nitrogen and oxygen atoms in total. The van der Waals surface area contributed by atoms with E-state index < -0.39 is 5.97 Å². The van der Waals surface area contributed by atoms with Gasteiger partial charge in [0.05, 0.1) is 18.7 Å². The van der Waals surface area contributed by atoms with Gasteiger partial charge < -0.3 is 20.1 Å². The van der Waals surface area contributed by atoms with Gasteiger partial charge in [-0.1, -0.05) is 13.0 Å². The Morgan fingerprint density at radius 1 is 1.55 bits per heavy atom. The second-order valence-electron chi connectivity index (χ2n) is 6.04. The van der Waals surface area contributed by atoms with Crippen molar-refractivity contribution < 1.29 is 14.6 Å². The minimum atomic E-state index is -0.750. The molecule has 1 aromatic rings. The zero-order valence-corrected chi connectivity index (χ0v) is 13.6. The molecule has 0 spiro atoms. The van der Waals surface area contributed by atoms with E-state index >= 15 is 0 Å². The van der Waals surface area contributed by atoms with E-state index in [2.05, 4.69) is 36.2 Å². The highest BCUT2D eigenvalue weighted by atomic mass is 16.5. The number of hydrogen-bond acceptors (Lipinski definition) is 4. The minimum absolute atomic E-state index is 0.179. The van der Waals surface area contributed by atoms with Crippen molar-refractivity contribution in [3.05, 3.63) is 23.8 Å². The van der Waals surface area contributed by atoms with E-state index in [0.717, 1.165) is 30.8 Å². The van der Waals surface area contributed by atoms with Crippen LogP contribution in [0.25, 0.3) is 0 Å². The summed E-state index contributed by atoms with van der Waals surface area (Å²) in [5.74, 6) is 0.174. The second-order valence-corrected chi connectivity index (χ2v) is 6.04. The maximum Gasteiger partial charge on any atom is 0.304 e. The molecule has 1 aliphatic rings. The normalized spacial score (nSPS) is 18.3. The van der Waals surface area contributed by atoms with Gasteiger partial charge in [0.25, 0.3) is 0 Å². The molecule has 1 heterocycles. The predicted octanol–water partition coefficient (Wildman–Crippen LogP) is 2.61. The number of carbonyl (C=O) groups is 1. The predicted molar refractivity (Wildman–Crippen MR) is 87.7 cm³/mol. The Bertz CT molecular complexity index is 519. The van der Waals surface area contributed by atoms with Gasteiger partial charge in [0, 0.05) is 12.6 Å². The van der Waals surface area contributed by atoms with Gasteiger partial charge in [0.1, 0.15) is 11.9 Å². The molecule has 0 radical (unpaired) electrons. The summed E-state index contributed by atoms with van der Waals surface area (Å²) in [4.78, 5) is 12.7. The number of likely N-dealkylation sites (N-methyl/N-ethyl adjacent to an activating group) is 1. The Hall–Kier alpha value is -1.75. The van der Waals surface area contributed by atoms with Crippen molar-refractivity contribution in [1.82, 2.24) is 4.90 Å². The van der Waals surface area contributed by atoms with Crippen molar-refractivity contribution in [3.8, 4) is 5.75 Å². The van der Waals surface area contributed by atoms with Gasteiger partial charge in [0.2, 0.25) is 0 Å². The number of benzene rings is 1. The molecule has 0 saturated heterocycles. The molecule has 122 valence electrons. The first kappa shape index (κ1) is 16.6. The average molecular weight is 306 g/mol. The fourth-order valence-corrected chi connectivity index (χ4v) is 2.61. The van der Waals surface area contributed by atoms with Crippen molar-refractivity contribution in [1.29, 1.82) is 0 Å². The molecule has 2 rings (SSSR count). The highest BCUT2D eigenvalue weighted by molar-refractivity contribution is 5.66. The molecule has 5 heteroatoms. The SMILES string of the molecule is CCC1CNc2cc(CC(C)N(C)CCC(=O)O)ccc2O1. The lowest BCUT2D eigenvalue weighted by atomic mass is 10.0. The third kappa shape index (κ3) is 4.37. The van der Waals surface area contributed by atoms with E-state index in [4.69, 9.17) is 9.84 Å². The van der Waals surface area contributed by atoms with Crippen LogP contribution in [-0.4, -0.2) is 48.3 Å². The number of anilines is 1. The van der Waals surface area contributed by atoms with Crippen LogP contribution < -0.4 is 10.1 Å². The molecular weight excluding hydrogens is 280 g/mol. The zero-order valence-electron chi connectivity index (χ0n) is 13.6. The van der Waals surface area contributed by atoms with Crippen molar-refractivity contribution in [2.24, 2.45) is 0 Å². The van der Waals surface area contributed by atoms with Gasteiger partial charge in [-0.25, -0.2) is 0 Å². The van der Waals surface area contributed by atoms with Gasteiger partial charge in [-0.05, 0) is 44.5 Å². The number of aliphatic carboxylic acids is 1. The molecule has 0 fully saturated rings. The molecular formula is C17H26N2O3. The molecule has 2 N–H and O–H groups in total. The van der Waals surface area contributed by atoms with Crippen LogP contribution in [0.5, 0.6) is 5.75 Å². The lowest BCUT2D eigenvalue weighted by Gasteiger charge is -2.28. The van der Waals surface area contributed by atoms with Crippen molar-refractivity contribution in [3.63, 3.8) is 0 Å². The van der Waals surface area contributed by atoms with Crippen molar-refractivity contribution >= 4 is 11.7 Å². The van der Waals surface area contributed by atoms with Crippen LogP contribution in [-0.2, 0) is 11.2 Å². The lowest BCUT2D eigenvalue weighted by Crippen LogP contribution is -2.33. The quantitative estimate of drug-likeness (QED) is 0.811. The molecule has 22 heavy (non-hydrogen) atoms. The summed E-state index contributed by atoms with van der Waals surface area (Å²) < 4.78 is 5.92. The molecule has 1 aliphatic heterocycles. The maximum absolute atomic E-state index is 10.6. The monoisotopic (exact) mass is 306 g/mol. The van der Waals surface area contributed by atoms with Crippen molar-refractivity contribution in [2.75, 3.05) is 25.5 Å². The number of hydrogen-bond donors (Lipinski definition) is 2. The van der Waals surface area contributed by atoms with E-state index in [9.17, 15) is 4.79 Å². The third-order valence-electron chi connectivity index (χ3n) is 4.28. The van der Waals surface area contributed by atoms with Crippen LogP contribution in [0, 0.1) is 0 Å². The first-order valence-electron chi connectivity index (χ1n) is 7.95. The van der Waals surface area contributed by atoms with Crippen LogP contribution in [0.4, 0.5) is 5.69 Å². The smallest absolute Gasteiger partial charge is 0.304 e. The van der Waals surface area contributed by atoms with Gasteiger partial charge in [-0.3, -0.25) is 4.79 Å². The number of carboxylic acid groups (broad SMARTS) is 1. The molecule has 1 aromatic carbocycles. The summed E-state index contributed by atoms with van der Waals surface area (Å²) >= 11 is 0. The Morgan fingerprint density at radius 2 is 2.32 bits per heavy atom. The number of rotatable bonds is 7. The van der Waals surface area contributed by atoms with Crippen LogP contribution in [0.15, 0.2) is 18.2 Å². The number of nitrogens with zero attached hydrogens (tertiary/aromatic N) is 1. The number of ether oxygens (including phenoxy) is 1. The van der Waals surface area contributed by atoms with Crippen LogP contribution in [0.2, 0.25) is 0 Å². The summed E-state index contributed by atoms with van der Waals surface area (Å²) in [6.07, 6.45) is 2.32. The van der Waals surface area contributed by atoms with Gasteiger partial charge >= 0.3 is 5.97 Å². The fraction of sp³-hybridized carbons (Fsp3) is 0.588. The Morgan fingerprint density at radius 3 is 3.00 bits per heavy atom. The Labute approximate surface area is 132 Å². The van der Waals surface area contributed by atoms with E-state index in [1.165, 1.54) is 5.56 Å². The van der Waals surface area contributed by atoms with Gasteiger partial charge in [-0.15, -0.1) is 0 Å². The van der Waals surface area contributed by atoms with Crippen LogP contribution in [0.3, 0.4) is 0 Å². The molecule has 0 saturated carbocycles. The largest absolute Gasteiger partial charge is 0.486 e. The topological polar surface area (TPSA) is 61.8 Å². The van der Waals surface area contributed by atoms with E-state index in [1.54, 1.807) is 0 Å². The van der Waals surface area contributed by atoms with E-state index in [1.807, 2.05) is 13.1 Å². The molecule has 0 aliphatic carbocycles. The number of carboxylic acids is 1. The Kier molecular flexibility index (Phi) is 5.66. The summed E-state index contributed by atoms with van der Waals surface area (Å²) in [6.45, 7) is 5.67. The summed E-state index contributed by atoms with van der Waals surface area (Å²) in [5.41, 5.74) is 2.29. The molecule has 2 unspecified atom stereocenters. The zero-order chi connectivity index (χ0) is 16.1.